The van der Waals surface area contributed by atoms with Crippen LogP contribution in [0.1, 0.15) is 27.8 Å². The molecule has 0 atom stereocenters. The molecule has 1 aromatic rings. The van der Waals surface area contributed by atoms with Crippen LogP contribution in [-0.2, 0) is 13.0 Å². The Kier molecular flexibility index (Phi) is 2.68. The minimum atomic E-state index is 0.692. The van der Waals surface area contributed by atoms with E-state index in [1.807, 2.05) is 11.3 Å². The van der Waals surface area contributed by atoms with Gasteiger partial charge in [0.05, 0.1) is 0 Å². The van der Waals surface area contributed by atoms with Gasteiger partial charge in [-0.05, 0) is 31.4 Å². The molecule has 2 heteroatoms. The maximum absolute atomic E-state index is 5.60. The number of hydrogen-bond acceptors (Lipinski definition) is 2. The summed E-state index contributed by atoms with van der Waals surface area (Å²) in [7, 11) is 0. The average molecular weight is 169 g/mol. The van der Waals surface area contributed by atoms with Gasteiger partial charge in [-0.15, -0.1) is 11.3 Å². The van der Waals surface area contributed by atoms with Crippen LogP contribution in [0, 0.1) is 13.8 Å². The Morgan fingerprint density at radius 3 is 2.00 bits per heavy atom. The smallest absolute Gasteiger partial charge is 0.0276 e. The number of thiophene rings is 1. The predicted molar refractivity (Wildman–Crippen MR) is 51.1 cm³/mol. The van der Waals surface area contributed by atoms with Crippen molar-refractivity contribution >= 4 is 11.3 Å². The van der Waals surface area contributed by atoms with E-state index in [0.29, 0.717) is 6.54 Å². The molecular weight excluding hydrogens is 154 g/mol. The molecule has 0 fully saturated rings. The Bertz CT molecular complexity index is 226. The summed E-state index contributed by atoms with van der Waals surface area (Å²) in [5.41, 5.74) is 8.44. The number of rotatable bonds is 2. The Balaban J connectivity index is 3.12. The highest BCUT2D eigenvalue weighted by molar-refractivity contribution is 7.12. The summed E-state index contributed by atoms with van der Waals surface area (Å²) in [6, 6.07) is 0. The van der Waals surface area contributed by atoms with Crippen molar-refractivity contribution in [1.29, 1.82) is 0 Å². The highest BCUT2D eigenvalue weighted by Gasteiger charge is 2.07. The maximum atomic E-state index is 5.60. The minimum absolute atomic E-state index is 0.692. The first-order valence-electron chi connectivity index (χ1n) is 3.98. The van der Waals surface area contributed by atoms with Crippen molar-refractivity contribution in [3.05, 3.63) is 20.9 Å². The van der Waals surface area contributed by atoms with Crippen molar-refractivity contribution in [3.63, 3.8) is 0 Å². The van der Waals surface area contributed by atoms with E-state index >= 15 is 0 Å². The van der Waals surface area contributed by atoms with Crippen LogP contribution in [0.4, 0.5) is 0 Å². The molecule has 2 N–H and O–H groups in total. The van der Waals surface area contributed by atoms with Gasteiger partial charge in [-0.1, -0.05) is 6.92 Å². The molecule has 0 radical (unpaired) electrons. The van der Waals surface area contributed by atoms with Gasteiger partial charge in [-0.25, -0.2) is 0 Å². The van der Waals surface area contributed by atoms with E-state index in [0.717, 1.165) is 6.42 Å². The summed E-state index contributed by atoms with van der Waals surface area (Å²) in [5.74, 6) is 0. The maximum Gasteiger partial charge on any atom is 0.0276 e. The molecule has 0 saturated carbocycles. The topological polar surface area (TPSA) is 26.0 Å². The second kappa shape index (κ2) is 3.37. The van der Waals surface area contributed by atoms with Crippen LogP contribution in [0.15, 0.2) is 0 Å². The third-order valence-corrected chi connectivity index (χ3v) is 3.71. The molecule has 1 nitrogen and oxygen atoms in total. The van der Waals surface area contributed by atoms with Crippen LogP contribution in [0.5, 0.6) is 0 Å². The molecule has 0 aromatic carbocycles. The van der Waals surface area contributed by atoms with Crippen LogP contribution in [-0.4, -0.2) is 0 Å². The zero-order valence-corrected chi connectivity index (χ0v) is 8.22. The molecule has 0 amide bonds. The fourth-order valence-electron chi connectivity index (χ4n) is 1.25. The van der Waals surface area contributed by atoms with Gasteiger partial charge in [0.25, 0.3) is 0 Å². The van der Waals surface area contributed by atoms with E-state index in [4.69, 9.17) is 5.73 Å². The number of hydrogen-bond donors (Lipinski definition) is 1. The number of aryl methyl sites for hydroxylation is 1. The van der Waals surface area contributed by atoms with E-state index in [1.54, 1.807) is 0 Å². The first-order valence-corrected chi connectivity index (χ1v) is 4.80. The Morgan fingerprint density at radius 2 is 1.73 bits per heavy atom. The van der Waals surface area contributed by atoms with Crippen LogP contribution in [0.3, 0.4) is 0 Å². The molecular formula is C9H15NS. The molecule has 1 aromatic heterocycles. The van der Waals surface area contributed by atoms with Crippen LogP contribution in [0.2, 0.25) is 0 Å². The molecule has 62 valence electrons. The van der Waals surface area contributed by atoms with Gasteiger partial charge in [-0.2, -0.15) is 0 Å². The molecule has 0 saturated heterocycles. The summed E-state index contributed by atoms with van der Waals surface area (Å²) in [5, 5.41) is 0. The molecule has 0 unspecified atom stereocenters. The molecule has 1 rings (SSSR count). The van der Waals surface area contributed by atoms with Gasteiger partial charge >= 0.3 is 0 Å². The van der Waals surface area contributed by atoms with Gasteiger partial charge in [0, 0.05) is 16.3 Å². The van der Waals surface area contributed by atoms with Gasteiger partial charge in [0.1, 0.15) is 0 Å². The summed E-state index contributed by atoms with van der Waals surface area (Å²) >= 11 is 1.86. The monoisotopic (exact) mass is 169 g/mol. The zero-order chi connectivity index (χ0) is 8.43. The summed E-state index contributed by atoms with van der Waals surface area (Å²) in [6.45, 7) is 7.23. The van der Waals surface area contributed by atoms with Crippen molar-refractivity contribution in [2.75, 3.05) is 0 Å². The third kappa shape index (κ3) is 1.47. The van der Waals surface area contributed by atoms with E-state index in [1.165, 1.54) is 20.9 Å². The molecule has 0 aliphatic heterocycles. The lowest BCUT2D eigenvalue weighted by molar-refractivity contribution is 1.08. The second-order valence-electron chi connectivity index (χ2n) is 2.76. The van der Waals surface area contributed by atoms with E-state index < -0.39 is 0 Å². The van der Waals surface area contributed by atoms with E-state index in [-0.39, 0.29) is 0 Å². The predicted octanol–water partition coefficient (Wildman–Crippen LogP) is 2.39. The fraction of sp³-hybridized carbons (Fsp3) is 0.556. The van der Waals surface area contributed by atoms with Gasteiger partial charge in [0.15, 0.2) is 0 Å². The second-order valence-corrected chi connectivity index (χ2v) is 3.95. The highest BCUT2D eigenvalue weighted by atomic mass is 32.1. The molecule has 1 heterocycles. The highest BCUT2D eigenvalue weighted by Crippen LogP contribution is 2.27. The van der Waals surface area contributed by atoms with Crippen LogP contribution < -0.4 is 5.73 Å². The lowest BCUT2D eigenvalue weighted by atomic mass is 10.1. The van der Waals surface area contributed by atoms with Gasteiger partial charge in [0.2, 0.25) is 0 Å². The molecule has 11 heavy (non-hydrogen) atoms. The molecule has 0 spiro atoms. The van der Waals surface area contributed by atoms with Crippen molar-refractivity contribution in [1.82, 2.24) is 0 Å². The SMILES string of the molecule is CCc1sc(CN)c(C)c1C. The Morgan fingerprint density at radius 1 is 1.18 bits per heavy atom. The average Bonchev–Trinajstić information content (AvgIpc) is 2.30. The van der Waals surface area contributed by atoms with Crippen molar-refractivity contribution in [2.45, 2.75) is 33.7 Å². The number of nitrogens with two attached hydrogens (primary N) is 1. The summed E-state index contributed by atoms with van der Waals surface area (Å²) in [6.07, 6.45) is 1.14. The summed E-state index contributed by atoms with van der Waals surface area (Å²) in [4.78, 5) is 2.84. The molecule has 0 bridgehead atoms. The lowest BCUT2D eigenvalue weighted by Crippen LogP contribution is -1.94. The molecule has 0 aliphatic rings. The Hall–Kier alpha value is -0.340. The van der Waals surface area contributed by atoms with Crippen molar-refractivity contribution in [2.24, 2.45) is 5.73 Å². The van der Waals surface area contributed by atoms with Gasteiger partial charge in [-0.3, -0.25) is 0 Å². The third-order valence-electron chi connectivity index (χ3n) is 2.15. The normalized spacial score (nSPS) is 10.5. The van der Waals surface area contributed by atoms with E-state index in [9.17, 15) is 0 Å². The van der Waals surface area contributed by atoms with Crippen LogP contribution >= 0.6 is 11.3 Å². The quantitative estimate of drug-likeness (QED) is 0.722. The zero-order valence-electron chi connectivity index (χ0n) is 7.40. The minimum Gasteiger partial charge on any atom is -0.326 e. The summed E-state index contributed by atoms with van der Waals surface area (Å²) < 4.78 is 0. The molecule has 0 aliphatic carbocycles. The van der Waals surface area contributed by atoms with Crippen LogP contribution in [0.25, 0.3) is 0 Å². The van der Waals surface area contributed by atoms with Crippen molar-refractivity contribution < 1.29 is 0 Å². The first kappa shape index (κ1) is 8.75. The van der Waals surface area contributed by atoms with Crippen molar-refractivity contribution in [3.8, 4) is 0 Å². The lowest BCUT2D eigenvalue weighted by Gasteiger charge is -1.93. The standard InChI is InChI=1S/C9H15NS/c1-4-8-6(2)7(3)9(5-10)11-8/h4-5,10H2,1-3H3. The van der Waals surface area contributed by atoms with Gasteiger partial charge < -0.3 is 5.73 Å². The first-order chi connectivity index (χ1) is 5.20. The Labute approximate surface area is 72.2 Å². The van der Waals surface area contributed by atoms with E-state index in [2.05, 4.69) is 20.8 Å². The largest absolute Gasteiger partial charge is 0.326 e. The fourth-order valence-corrected chi connectivity index (χ4v) is 2.39.